The third-order valence-electron chi connectivity index (χ3n) is 3.98. The lowest BCUT2D eigenvalue weighted by atomic mass is 10.2. The third-order valence-corrected chi connectivity index (χ3v) is 3.98. The number of benzene rings is 2. The highest BCUT2D eigenvalue weighted by atomic mass is 19.4. The molecule has 0 aliphatic carbocycles. The first kappa shape index (κ1) is 20.8. The number of amides is 1. The van der Waals surface area contributed by atoms with Crippen molar-refractivity contribution in [2.45, 2.75) is 6.18 Å². The molecule has 1 aromatic heterocycles. The summed E-state index contributed by atoms with van der Waals surface area (Å²) in [6.07, 6.45) is -1.61. The van der Waals surface area contributed by atoms with Gasteiger partial charge < -0.3 is 10.1 Å². The van der Waals surface area contributed by atoms with Gasteiger partial charge in [-0.25, -0.2) is 10.4 Å². The lowest BCUT2D eigenvalue weighted by Gasteiger charge is -2.12. The molecule has 0 radical (unpaired) electrons. The number of carbonyl (C=O) groups is 1. The summed E-state index contributed by atoms with van der Waals surface area (Å²) >= 11 is 0. The lowest BCUT2D eigenvalue weighted by Crippen LogP contribution is -2.19. The van der Waals surface area contributed by atoms with Gasteiger partial charge in [0.15, 0.2) is 0 Å². The van der Waals surface area contributed by atoms with Crippen LogP contribution in [0.2, 0.25) is 0 Å². The average molecular weight is 414 g/mol. The minimum absolute atomic E-state index is 0.103. The number of nitrogens with zero attached hydrogens (tertiary/aromatic N) is 2. The first-order valence-electron chi connectivity index (χ1n) is 8.73. The van der Waals surface area contributed by atoms with Gasteiger partial charge in [0, 0.05) is 11.9 Å². The molecular formula is C21H17F3N4O2. The molecule has 3 rings (SSSR count). The Morgan fingerprint density at radius 2 is 1.90 bits per heavy atom. The van der Waals surface area contributed by atoms with Crippen LogP contribution in [0, 0.1) is 0 Å². The van der Waals surface area contributed by atoms with Crippen molar-refractivity contribution in [3.05, 3.63) is 83.6 Å². The molecule has 6 nitrogen and oxygen atoms in total. The number of hydrazone groups is 1. The van der Waals surface area contributed by atoms with Crippen LogP contribution in [-0.2, 0) is 6.18 Å². The fraction of sp³-hybridized carbons (Fsp3) is 0.0952. The molecule has 1 heterocycles. The zero-order valence-electron chi connectivity index (χ0n) is 15.8. The highest BCUT2D eigenvalue weighted by Gasteiger charge is 2.30. The van der Waals surface area contributed by atoms with E-state index in [0.717, 1.165) is 12.1 Å². The number of hydrogen-bond donors (Lipinski definition) is 2. The van der Waals surface area contributed by atoms with Gasteiger partial charge >= 0.3 is 6.18 Å². The second-order valence-electron chi connectivity index (χ2n) is 6.08. The van der Waals surface area contributed by atoms with Crippen LogP contribution in [0.1, 0.15) is 21.5 Å². The molecule has 0 spiro atoms. The van der Waals surface area contributed by atoms with Gasteiger partial charge in [-0.3, -0.25) is 4.79 Å². The number of nitrogens with one attached hydrogen (secondary N) is 2. The van der Waals surface area contributed by atoms with E-state index in [9.17, 15) is 18.0 Å². The van der Waals surface area contributed by atoms with E-state index in [0.29, 0.717) is 11.3 Å². The van der Waals surface area contributed by atoms with Gasteiger partial charge in [-0.05, 0) is 48.0 Å². The van der Waals surface area contributed by atoms with Crippen LogP contribution in [0.25, 0.3) is 0 Å². The van der Waals surface area contributed by atoms with Crippen LogP contribution in [0.15, 0.2) is 72.0 Å². The average Bonchev–Trinajstić information content (AvgIpc) is 2.74. The Hall–Kier alpha value is -3.88. The van der Waals surface area contributed by atoms with Gasteiger partial charge in [-0.15, -0.1) is 0 Å². The monoisotopic (exact) mass is 414 g/mol. The predicted octanol–water partition coefficient (Wildman–Crippen LogP) is 4.62. The molecule has 3 aromatic rings. The maximum atomic E-state index is 12.9. The molecule has 0 saturated carbocycles. The fourth-order valence-corrected chi connectivity index (χ4v) is 2.55. The Labute approximate surface area is 170 Å². The van der Waals surface area contributed by atoms with Gasteiger partial charge in [0.2, 0.25) is 0 Å². The summed E-state index contributed by atoms with van der Waals surface area (Å²) in [6.45, 7) is 0. The smallest absolute Gasteiger partial charge is 0.416 e. The molecule has 30 heavy (non-hydrogen) atoms. The lowest BCUT2D eigenvalue weighted by molar-refractivity contribution is -0.137. The molecule has 0 saturated heterocycles. The van der Waals surface area contributed by atoms with Gasteiger partial charge in [-0.1, -0.05) is 18.2 Å². The van der Waals surface area contributed by atoms with E-state index in [1.807, 2.05) is 0 Å². The van der Waals surface area contributed by atoms with Crippen molar-refractivity contribution in [3.8, 4) is 5.75 Å². The van der Waals surface area contributed by atoms with Gasteiger partial charge in [0.25, 0.3) is 5.91 Å². The number of methoxy groups -OCH3 is 1. The number of pyridine rings is 1. The Balaban J connectivity index is 1.74. The van der Waals surface area contributed by atoms with E-state index in [1.54, 1.807) is 31.4 Å². The van der Waals surface area contributed by atoms with Crippen LogP contribution in [-0.4, -0.2) is 24.2 Å². The van der Waals surface area contributed by atoms with Gasteiger partial charge in [0.05, 0.1) is 24.5 Å². The van der Waals surface area contributed by atoms with Crippen molar-refractivity contribution >= 4 is 23.6 Å². The Morgan fingerprint density at radius 3 is 2.67 bits per heavy atom. The topological polar surface area (TPSA) is 75.6 Å². The predicted molar refractivity (Wildman–Crippen MR) is 107 cm³/mol. The zero-order valence-corrected chi connectivity index (χ0v) is 15.8. The molecule has 0 atom stereocenters. The molecular weight excluding hydrogens is 397 g/mol. The van der Waals surface area contributed by atoms with Crippen molar-refractivity contribution in [1.29, 1.82) is 0 Å². The summed E-state index contributed by atoms with van der Waals surface area (Å²) in [7, 11) is 1.54. The van der Waals surface area contributed by atoms with Crippen LogP contribution >= 0.6 is 0 Å². The Bertz CT molecular complexity index is 1070. The van der Waals surface area contributed by atoms with Crippen LogP contribution < -0.4 is 15.5 Å². The van der Waals surface area contributed by atoms with Crippen molar-refractivity contribution in [1.82, 2.24) is 10.4 Å². The first-order valence-corrected chi connectivity index (χ1v) is 8.73. The van der Waals surface area contributed by atoms with Crippen molar-refractivity contribution in [2.24, 2.45) is 5.10 Å². The molecule has 0 fully saturated rings. The number of halogens is 3. The molecule has 0 aliphatic heterocycles. The molecule has 2 aromatic carbocycles. The normalized spacial score (nSPS) is 11.3. The largest absolute Gasteiger partial charge is 0.497 e. The number of anilines is 2. The van der Waals surface area contributed by atoms with E-state index < -0.39 is 17.6 Å². The van der Waals surface area contributed by atoms with E-state index >= 15 is 0 Å². The summed E-state index contributed by atoms with van der Waals surface area (Å²) in [5.41, 5.74) is 2.55. The van der Waals surface area contributed by atoms with Crippen LogP contribution in [0.5, 0.6) is 5.75 Å². The van der Waals surface area contributed by atoms with Crippen molar-refractivity contribution < 1.29 is 22.7 Å². The zero-order chi connectivity index (χ0) is 21.6. The molecule has 0 unspecified atom stereocenters. The molecule has 9 heteroatoms. The van der Waals surface area contributed by atoms with Crippen molar-refractivity contribution in [3.63, 3.8) is 0 Å². The first-order chi connectivity index (χ1) is 14.4. The van der Waals surface area contributed by atoms with Crippen LogP contribution in [0.3, 0.4) is 0 Å². The van der Waals surface area contributed by atoms with E-state index in [-0.39, 0.29) is 17.1 Å². The second-order valence-corrected chi connectivity index (χ2v) is 6.08. The quantitative estimate of drug-likeness (QED) is 0.456. The van der Waals surface area contributed by atoms with E-state index in [1.165, 1.54) is 36.7 Å². The summed E-state index contributed by atoms with van der Waals surface area (Å²) < 4.78 is 43.8. The molecule has 0 aliphatic rings. The third kappa shape index (κ3) is 5.34. The maximum absolute atomic E-state index is 12.9. The number of carbonyl (C=O) groups excluding carboxylic acids is 1. The maximum Gasteiger partial charge on any atom is 0.416 e. The molecule has 2 N–H and O–H groups in total. The second kappa shape index (κ2) is 9.08. The molecule has 0 bridgehead atoms. The number of ether oxygens (including phenoxy) is 1. The van der Waals surface area contributed by atoms with Gasteiger partial charge in [-0.2, -0.15) is 18.3 Å². The van der Waals surface area contributed by atoms with Crippen molar-refractivity contribution in [2.75, 3.05) is 12.4 Å². The Morgan fingerprint density at radius 1 is 1.10 bits per heavy atom. The molecule has 154 valence electrons. The summed E-state index contributed by atoms with van der Waals surface area (Å²) in [6, 6.07) is 14.7. The number of hydrogen-bond acceptors (Lipinski definition) is 5. The highest BCUT2D eigenvalue weighted by Crippen LogP contribution is 2.31. The SMILES string of the molecule is COc1cccc(/C=N/NC(=O)c2cccnc2Nc2cccc(C(F)(F)F)c2)c1. The van der Waals surface area contributed by atoms with E-state index in [2.05, 4.69) is 20.8 Å². The van der Waals surface area contributed by atoms with E-state index in [4.69, 9.17) is 4.74 Å². The number of rotatable bonds is 6. The van der Waals surface area contributed by atoms with Gasteiger partial charge in [0.1, 0.15) is 11.6 Å². The highest BCUT2D eigenvalue weighted by molar-refractivity contribution is 5.99. The Kier molecular flexibility index (Phi) is 6.31. The summed E-state index contributed by atoms with van der Waals surface area (Å²) in [4.78, 5) is 16.5. The summed E-state index contributed by atoms with van der Waals surface area (Å²) in [5, 5.41) is 6.65. The minimum atomic E-state index is -4.48. The standard InChI is InChI=1S/C21H17F3N4O2/c1-30-17-8-2-5-14(11-17)13-26-28-20(29)18-9-4-10-25-19(18)27-16-7-3-6-15(12-16)21(22,23)24/h2-13H,1H3,(H,25,27)(H,28,29)/b26-13+. The fourth-order valence-electron chi connectivity index (χ4n) is 2.55. The number of aromatic nitrogens is 1. The minimum Gasteiger partial charge on any atom is -0.497 e. The molecule has 1 amide bonds. The van der Waals surface area contributed by atoms with Crippen LogP contribution in [0.4, 0.5) is 24.7 Å². The number of alkyl halides is 3. The summed E-state index contributed by atoms with van der Waals surface area (Å²) in [5.74, 6) is 0.174.